The molecule has 1 aliphatic rings. The van der Waals surface area contributed by atoms with Crippen LogP contribution in [0.3, 0.4) is 0 Å². The molecule has 1 nitrogen and oxygen atoms in total. The van der Waals surface area contributed by atoms with Crippen molar-refractivity contribution in [2.45, 2.75) is 31.8 Å². The Balaban J connectivity index is 1.48. The molecule has 0 bridgehead atoms. The highest BCUT2D eigenvalue weighted by molar-refractivity contribution is 6.00. The zero-order valence-electron chi connectivity index (χ0n) is 19.6. The van der Waals surface area contributed by atoms with Gasteiger partial charge in [-0.2, -0.15) is 0 Å². The van der Waals surface area contributed by atoms with E-state index in [-0.39, 0.29) is 17.9 Å². The lowest BCUT2D eigenvalue weighted by Crippen LogP contribution is -2.28. The van der Waals surface area contributed by atoms with Crippen LogP contribution in [0.2, 0.25) is 0 Å². The van der Waals surface area contributed by atoms with Crippen LogP contribution in [0.5, 0.6) is 0 Å². The number of hydrogen-bond acceptors (Lipinski definition) is 1. The van der Waals surface area contributed by atoms with Crippen LogP contribution >= 0.6 is 0 Å². The molecule has 5 aromatic rings. The maximum atomic E-state index is 10.3. The molecule has 1 aliphatic carbocycles. The van der Waals surface area contributed by atoms with Crippen LogP contribution in [-0.2, 0) is 12.0 Å². The average Bonchev–Trinajstić information content (AvgIpc) is 2.87. The molecule has 0 aromatic heterocycles. The van der Waals surface area contributed by atoms with E-state index in [0.29, 0.717) is 0 Å². The molecule has 1 unspecified atom stereocenters. The first-order valence-electron chi connectivity index (χ1n) is 12.0. The maximum absolute atomic E-state index is 10.3. The van der Waals surface area contributed by atoms with Gasteiger partial charge in [0.1, 0.15) is 0 Å². The molecule has 0 spiro atoms. The predicted molar refractivity (Wildman–Crippen MR) is 144 cm³/mol. The van der Waals surface area contributed by atoms with E-state index in [1.54, 1.807) is 0 Å². The van der Waals surface area contributed by atoms with Crippen molar-refractivity contribution >= 4 is 27.6 Å². The second-order valence-electron chi connectivity index (χ2n) is 9.99. The lowest BCUT2D eigenvalue weighted by atomic mass is 9.66. The lowest BCUT2D eigenvalue weighted by molar-refractivity contribution is 0.282. The van der Waals surface area contributed by atoms with Crippen LogP contribution in [0.15, 0.2) is 103 Å². The summed E-state index contributed by atoms with van der Waals surface area (Å²) in [7, 11) is 0. The number of hydrogen-bond donors (Lipinski definition) is 1. The predicted octanol–water partition coefficient (Wildman–Crippen LogP) is 8.24. The molecule has 1 heteroatoms. The van der Waals surface area contributed by atoms with E-state index in [2.05, 4.69) is 123 Å². The minimum absolute atomic E-state index is 0.00786. The molecule has 0 saturated heterocycles. The second kappa shape index (κ2) is 7.97. The summed E-state index contributed by atoms with van der Waals surface area (Å²) in [5.74, 6) is 0.282. The summed E-state index contributed by atoms with van der Waals surface area (Å²) in [6.45, 7) is 4.70. The summed E-state index contributed by atoms with van der Waals surface area (Å²) in [6, 6.07) is 34.9. The molecule has 166 valence electrons. The van der Waals surface area contributed by atoms with Crippen molar-refractivity contribution in [2.75, 3.05) is 0 Å². The van der Waals surface area contributed by atoms with Gasteiger partial charge in [0.2, 0.25) is 0 Å². The van der Waals surface area contributed by atoms with Crippen molar-refractivity contribution in [3.63, 3.8) is 0 Å². The fourth-order valence-corrected chi connectivity index (χ4v) is 5.70. The van der Waals surface area contributed by atoms with Crippen molar-refractivity contribution < 1.29 is 5.11 Å². The lowest BCUT2D eigenvalue weighted by Gasteiger charge is -2.37. The van der Waals surface area contributed by atoms with Gasteiger partial charge in [0, 0.05) is 11.3 Å². The van der Waals surface area contributed by atoms with Gasteiger partial charge >= 0.3 is 0 Å². The summed E-state index contributed by atoms with van der Waals surface area (Å²) in [5, 5.41) is 15.1. The van der Waals surface area contributed by atoms with Gasteiger partial charge in [-0.1, -0.05) is 98.8 Å². The number of rotatable bonds is 3. The minimum atomic E-state index is -0.00786. The van der Waals surface area contributed by atoms with Crippen molar-refractivity contribution in [3.8, 4) is 11.1 Å². The van der Waals surface area contributed by atoms with E-state index in [4.69, 9.17) is 0 Å². The Labute approximate surface area is 201 Å². The molecule has 5 aromatic carbocycles. The molecular weight excluding hydrogens is 412 g/mol. The van der Waals surface area contributed by atoms with E-state index in [1.165, 1.54) is 32.8 Å². The van der Waals surface area contributed by atoms with Gasteiger partial charge in [-0.15, -0.1) is 0 Å². The molecule has 0 saturated carbocycles. The maximum Gasteiger partial charge on any atom is 0.0688 e. The summed E-state index contributed by atoms with van der Waals surface area (Å²) in [4.78, 5) is 0. The number of benzene rings is 5. The largest absolute Gasteiger partial charge is 0.392 e. The second-order valence-corrected chi connectivity index (χ2v) is 9.99. The molecule has 1 N–H and O–H groups in total. The van der Waals surface area contributed by atoms with Crippen molar-refractivity contribution in [1.29, 1.82) is 0 Å². The first kappa shape index (κ1) is 20.9. The summed E-state index contributed by atoms with van der Waals surface area (Å²) >= 11 is 0. The van der Waals surface area contributed by atoms with Crippen molar-refractivity contribution in [2.24, 2.45) is 0 Å². The van der Waals surface area contributed by atoms with E-state index >= 15 is 0 Å². The average molecular weight is 441 g/mol. The first-order chi connectivity index (χ1) is 16.5. The van der Waals surface area contributed by atoms with Gasteiger partial charge in [0.25, 0.3) is 0 Å². The first-order valence-corrected chi connectivity index (χ1v) is 12.0. The molecule has 0 heterocycles. The highest BCUT2D eigenvalue weighted by Crippen LogP contribution is 2.45. The summed E-state index contributed by atoms with van der Waals surface area (Å²) in [6.07, 6.45) is 4.61. The van der Waals surface area contributed by atoms with Crippen molar-refractivity contribution in [1.82, 2.24) is 0 Å². The van der Waals surface area contributed by atoms with Gasteiger partial charge in [0.15, 0.2) is 0 Å². The number of aliphatic hydroxyl groups is 1. The Kier molecular flexibility index (Phi) is 4.90. The molecule has 0 radical (unpaired) electrons. The summed E-state index contributed by atoms with van der Waals surface area (Å²) in [5.41, 5.74) is 7.21. The standard InChI is InChI=1S/C33H28O/c1-33(2)31-13-6-5-8-22(31)14-15-32(33)26-12-7-11-25(18-26)30-20-28-17-24-10-4-3-9-23(24)16-27(28)19-29(30)21-34/h3-20,32,34H,21H2,1-2H3. The van der Waals surface area contributed by atoms with Gasteiger partial charge in [0.05, 0.1) is 6.61 Å². The van der Waals surface area contributed by atoms with E-state index in [0.717, 1.165) is 22.1 Å². The zero-order chi connectivity index (χ0) is 23.3. The normalized spacial score (nSPS) is 16.6. The number of allylic oxidation sites excluding steroid dienone is 1. The quantitative estimate of drug-likeness (QED) is 0.280. The summed E-state index contributed by atoms with van der Waals surface area (Å²) < 4.78 is 0. The van der Waals surface area contributed by atoms with Gasteiger partial charge in [-0.25, -0.2) is 0 Å². The van der Waals surface area contributed by atoms with Gasteiger partial charge in [-0.3, -0.25) is 0 Å². The fourth-order valence-electron chi connectivity index (χ4n) is 5.70. The number of fused-ring (bicyclic) bond motifs is 3. The Morgan fingerprint density at radius 3 is 2.18 bits per heavy atom. The van der Waals surface area contributed by atoms with Gasteiger partial charge in [-0.05, 0) is 79.2 Å². The van der Waals surface area contributed by atoms with Crippen LogP contribution in [0.1, 0.15) is 42.0 Å². The van der Waals surface area contributed by atoms with E-state index in [1.807, 2.05) is 0 Å². The Hall–Kier alpha value is -3.68. The van der Waals surface area contributed by atoms with Crippen LogP contribution in [0.4, 0.5) is 0 Å². The van der Waals surface area contributed by atoms with Crippen molar-refractivity contribution in [3.05, 3.63) is 125 Å². The SMILES string of the molecule is CC1(C)c2ccccc2C=CC1c1cccc(-c2cc3cc4ccccc4cc3cc2CO)c1. The highest BCUT2D eigenvalue weighted by Gasteiger charge is 2.34. The Morgan fingerprint density at radius 2 is 1.41 bits per heavy atom. The highest BCUT2D eigenvalue weighted by atomic mass is 16.3. The van der Waals surface area contributed by atoms with E-state index < -0.39 is 0 Å². The third-order valence-corrected chi connectivity index (χ3v) is 7.55. The number of aliphatic hydroxyl groups excluding tert-OH is 1. The monoisotopic (exact) mass is 440 g/mol. The third-order valence-electron chi connectivity index (χ3n) is 7.55. The molecular formula is C33H28O. The fraction of sp³-hybridized carbons (Fsp3) is 0.152. The molecule has 1 atom stereocenters. The third kappa shape index (κ3) is 3.36. The Morgan fingerprint density at radius 1 is 0.706 bits per heavy atom. The zero-order valence-corrected chi connectivity index (χ0v) is 19.6. The molecule has 0 aliphatic heterocycles. The van der Waals surface area contributed by atoms with Crippen LogP contribution in [0.25, 0.3) is 38.7 Å². The topological polar surface area (TPSA) is 20.2 Å². The molecule has 0 fully saturated rings. The van der Waals surface area contributed by atoms with Gasteiger partial charge < -0.3 is 5.11 Å². The molecule has 34 heavy (non-hydrogen) atoms. The van der Waals surface area contributed by atoms with Crippen LogP contribution in [0, 0.1) is 0 Å². The Bertz CT molecular complexity index is 1570. The molecule has 0 amide bonds. The molecule has 6 rings (SSSR count). The van der Waals surface area contributed by atoms with E-state index in [9.17, 15) is 5.11 Å². The van der Waals surface area contributed by atoms with Crippen LogP contribution < -0.4 is 0 Å². The smallest absolute Gasteiger partial charge is 0.0688 e. The minimum Gasteiger partial charge on any atom is -0.392 e. The van der Waals surface area contributed by atoms with Crippen LogP contribution in [-0.4, -0.2) is 5.11 Å².